The fourth-order valence-electron chi connectivity index (χ4n) is 2.63. The first kappa shape index (κ1) is 15.6. The van der Waals surface area contributed by atoms with Crippen LogP contribution in [-0.4, -0.2) is 29.4 Å². The molecular weight excluding hydrogens is 307 g/mol. The average molecular weight is 323 g/mol. The van der Waals surface area contributed by atoms with E-state index < -0.39 is 6.36 Å². The summed E-state index contributed by atoms with van der Waals surface area (Å²) in [5.74, 6) is 0.608. The molecule has 1 saturated heterocycles. The van der Waals surface area contributed by atoms with Crippen molar-refractivity contribution in [1.82, 2.24) is 9.97 Å². The first-order valence-corrected chi connectivity index (χ1v) is 7.44. The Morgan fingerprint density at radius 1 is 0.957 bits per heavy atom. The van der Waals surface area contributed by atoms with Crippen LogP contribution in [0.2, 0.25) is 0 Å². The van der Waals surface area contributed by atoms with E-state index in [0.717, 1.165) is 37.3 Å². The molecule has 2 aromatic rings. The average Bonchev–Trinajstić information content (AvgIpc) is 2.55. The molecule has 0 spiro atoms. The van der Waals surface area contributed by atoms with E-state index in [1.165, 1.54) is 24.9 Å². The lowest BCUT2D eigenvalue weighted by Gasteiger charge is -2.27. The highest BCUT2D eigenvalue weighted by Crippen LogP contribution is 2.27. The third-order valence-corrected chi connectivity index (χ3v) is 3.72. The van der Waals surface area contributed by atoms with E-state index in [2.05, 4.69) is 19.6 Å². The summed E-state index contributed by atoms with van der Waals surface area (Å²) < 4.78 is 40.4. The minimum atomic E-state index is -4.68. The smallest absolute Gasteiger partial charge is 0.406 e. The van der Waals surface area contributed by atoms with Crippen LogP contribution in [0.5, 0.6) is 5.75 Å². The number of hydrogen-bond acceptors (Lipinski definition) is 4. The van der Waals surface area contributed by atoms with Crippen LogP contribution in [-0.2, 0) is 0 Å². The van der Waals surface area contributed by atoms with Gasteiger partial charge in [0.1, 0.15) is 17.9 Å². The molecule has 0 radical (unpaired) electrons. The van der Waals surface area contributed by atoms with E-state index in [9.17, 15) is 13.2 Å². The zero-order valence-corrected chi connectivity index (χ0v) is 12.4. The number of hydrogen-bond donors (Lipinski definition) is 0. The van der Waals surface area contributed by atoms with Crippen LogP contribution in [0, 0.1) is 0 Å². The van der Waals surface area contributed by atoms with Crippen molar-refractivity contribution in [3.63, 3.8) is 0 Å². The Balaban J connectivity index is 1.78. The molecule has 0 N–H and O–H groups in total. The van der Waals surface area contributed by atoms with Gasteiger partial charge in [-0.1, -0.05) is 0 Å². The zero-order chi connectivity index (χ0) is 16.3. The lowest BCUT2D eigenvalue weighted by atomic mass is 10.1. The fourth-order valence-corrected chi connectivity index (χ4v) is 2.63. The summed E-state index contributed by atoms with van der Waals surface area (Å²) in [6, 6.07) is 7.55. The first-order valence-electron chi connectivity index (χ1n) is 7.44. The monoisotopic (exact) mass is 323 g/mol. The minimum Gasteiger partial charge on any atom is -0.406 e. The molecule has 1 fully saturated rings. The van der Waals surface area contributed by atoms with Gasteiger partial charge in [0.25, 0.3) is 0 Å². The summed E-state index contributed by atoms with van der Waals surface area (Å²) in [5, 5.41) is 0. The molecule has 0 saturated carbocycles. The molecule has 1 aromatic carbocycles. The van der Waals surface area contributed by atoms with Gasteiger partial charge < -0.3 is 9.64 Å². The molecule has 0 aliphatic carbocycles. The molecular formula is C16H16F3N3O. The van der Waals surface area contributed by atoms with Gasteiger partial charge in [-0.3, -0.25) is 0 Å². The predicted molar refractivity (Wildman–Crippen MR) is 80.2 cm³/mol. The zero-order valence-electron chi connectivity index (χ0n) is 12.4. The largest absolute Gasteiger partial charge is 0.573 e. The number of aromatic nitrogens is 2. The van der Waals surface area contributed by atoms with Gasteiger partial charge in [0, 0.05) is 24.7 Å². The molecule has 122 valence electrons. The van der Waals surface area contributed by atoms with Gasteiger partial charge in [-0.15, -0.1) is 13.2 Å². The van der Waals surface area contributed by atoms with E-state index in [4.69, 9.17) is 0 Å². The summed E-state index contributed by atoms with van der Waals surface area (Å²) in [4.78, 5) is 10.7. The third kappa shape index (κ3) is 4.12. The van der Waals surface area contributed by atoms with Crippen LogP contribution in [0.25, 0.3) is 11.3 Å². The number of alkyl halides is 3. The Hall–Kier alpha value is -2.31. The number of rotatable bonds is 3. The molecule has 1 aliphatic heterocycles. The van der Waals surface area contributed by atoms with Crippen molar-refractivity contribution in [1.29, 1.82) is 0 Å². The lowest BCUT2D eigenvalue weighted by Crippen LogP contribution is -2.30. The van der Waals surface area contributed by atoms with E-state index in [-0.39, 0.29) is 5.75 Å². The number of halogens is 3. The normalized spacial score (nSPS) is 15.5. The maximum Gasteiger partial charge on any atom is 0.573 e. The van der Waals surface area contributed by atoms with Crippen LogP contribution in [0.4, 0.5) is 19.0 Å². The Labute approximate surface area is 131 Å². The molecule has 23 heavy (non-hydrogen) atoms. The first-order chi connectivity index (χ1) is 11.0. The quantitative estimate of drug-likeness (QED) is 0.855. The number of ether oxygens (including phenoxy) is 1. The van der Waals surface area contributed by atoms with Gasteiger partial charge in [-0.2, -0.15) is 0 Å². The van der Waals surface area contributed by atoms with Gasteiger partial charge in [-0.05, 0) is 43.5 Å². The molecule has 4 nitrogen and oxygen atoms in total. The number of nitrogens with zero attached hydrogens (tertiary/aromatic N) is 3. The second-order valence-corrected chi connectivity index (χ2v) is 5.38. The van der Waals surface area contributed by atoms with Crippen molar-refractivity contribution >= 4 is 5.82 Å². The number of anilines is 1. The molecule has 0 bridgehead atoms. The van der Waals surface area contributed by atoms with Gasteiger partial charge in [0.05, 0.1) is 5.69 Å². The van der Waals surface area contributed by atoms with Crippen molar-refractivity contribution in [3.05, 3.63) is 36.7 Å². The SMILES string of the molecule is FC(F)(F)Oc1ccc(-c2cc(N3CCCCC3)ncn2)cc1. The second-order valence-electron chi connectivity index (χ2n) is 5.38. The summed E-state index contributed by atoms with van der Waals surface area (Å²) in [5.41, 5.74) is 1.40. The van der Waals surface area contributed by atoms with Crippen molar-refractivity contribution in [2.75, 3.05) is 18.0 Å². The summed E-state index contributed by atoms with van der Waals surface area (Å²) in [6.45, 7) is 1.93. The predicted octanol–water partition coefficient (Wildman–Crippen LogP) is 4.03. The van der Waals surface area contributed by atoms with Crippen LogP contribution in [0.15, 0.2) is 36.7 Å². The Morgan fingerprint density at radius 2 is 1.65 bits per heavy atom. The summed E-state index contributed by atoms with van der Waals surface area (Å²) in [6.07, 6.45) is 0.317. The minimum absolute atomic E-state index is 0.244. The van der Waals surface area contributed by atoms with E-state index in [0.29, 0.717) is 5.69 Å². The van der Waals surface area contributed by atoms with Gasteiger partial charge in [-0.25, -0.2) is 9.97 Å². The van der Waals surface area contributed by atoms with Crippen LogP contribution >= 0.6 is 0 Å². The standard InChI is InChI=1S/C16H16F3N3O/c17-16(18,19)23-13-6-4-12(5-7-13)14-10-15(21-11-20-14)22-8-2-1-3-9-22/h4-7,10-11H,1-3,8-9H2. The fraction of sp³-hybridized carbons (Fsp3) is 0.375. The lowest BCUT2D eigenvalue weighted by molar-refractivity contribution is -0.274. The third-order valence-electron chi connectivity index (χ3n) is 3.72. The Kier molecular flexibility index (Phi) is 4.36. The van der Waals surface area contributed by atoms with Crippen LogP contribution in [0.1, 0.15) is 19.3 Å². The maximum absolute atomic E-state index is 12.2. The van der Waals surface area contributed by atoms with Gasteiger partial charge in [0.15, 0.2) is 0 Å². The summed E-state index contributed by atoms with van der Waals surface area (Å²) in [7, 11) is 0. The molecule has 3 rings (SSSR count). The maximum atomic E-state index is 12.2. The second kappa shape index (κ2) is 6.44. The molecule has 1 aromatic heterocycles. The van der Waals surface area contributed by atoms with E-state index in [1.54, 1.807) is 12.1 Å². The molecule has 0 atom stereocenters. The highest BCUT2D eigenvalue weighted by molar-refractivity contribution is 5.63. The van der Waals surface area contributed by atoms with E-state index in [1.807, 2.05) is 6.07 Å². The number of piperidine rings is 1. The Bertz CT molecular complexity index is 652. The Morgan fingerprint density at radius 3 is 2.30 bits per heavy atom. The highest BCUT2D eigenvalue weighted by Gasteiger charge is 2.31. The van der Waals surface area contributed by atoms with Crippen molar-refractivity contribution in [3.8, 4) is 17.0 Å². The van der Waals surface area contributed by atoms with E-state index >= 15 is 0 Å². The van der Waals surface area contributed by atoms with Crippen molar-refractivity contribution < 1.29 is 17.9 Å². The summed E-state index contributed by atoms with van der Waals surface area (Å²) >= 11 is 0. The van der Waals surface area contributed by atoms with Gasteiger partial charge >= 0.3 is 6.36 Å². The topological polar surface area (TPSA) is 38.2 Å². The number of benzene rings is 1. The van der Waals surface area contributed by atoms with Gasteiger partial charge in [0.2, 0.25) is 0 Å². The van der Waals surface area contributed by atoms with Crippen LogP contribution < -0.4 is 9.64 Å². The van der Waals surface area contributed by atoms with Crippen molar-refractivity contribution in [2.45, 2.75) is 25.6 Å². The van der Waals surface area contributed by atoms with Crippen LogP contribution in [0.3, 0.4) is 0 Å². The molecule has 7 heteroatoms. The molecule has 0 unspecified atom stereocenters. The molecule has 0 amide bonds. The molecule has 2 heterocycles. The molecule has 1 aliphatic rings. The van der Waals surface area contributed by atoms with Crippen molar-refractivity contribution in [2.24, 2.45) is 0 Å². The highest BCUT2D eigenvalue weighted by atomic mass is 19.4.